The van der Waals surface area contributed by atoms with E-state index in [9.17, 15) is 9.59 Å². The molecule has 2 rings (SSSR count). The summed E-state index contributed by atoms with van der Waals surface area (Å²) in [6.45, 7) is 2.13. The summed E-state index contributed by atoms with van der Waals surface area (Å²) in [5, 5.41) is 16.0. The van der Waals surface area contributed by atoms with E-state index in [4.69, 9.17) is 5.26 Å². The fourth-order valence-electron chi connectivity index (χ4n) is 1.87. The zero-order valence-corrected chi connectivity index (χ0v) is 11.2. The normalized spacial score (nSPS) is 21.6. The van der Waals surface area contributed by atoms with E-state index >= 15 is 0 Å². The van der Waals surface area contributed by atoms with Crippen LogP contribution >= 0.6 is 11.8 Å². The lowest BCUT2D eigenvalue weighted by molar-refractivity contribution is -0.126. The van der Waals surface area contributed by atoms with E-state index in [2.05, 4.69) is 10.6 Å². The SMILES string of the molecule is CC1(C(=O)Nc2ccc(SC#N)cc2)CNC(=O)C1. The summed E-state index contributed by atoms with van der Waals surface area (Å²) in [5.74, 6) is -0.273. The van der Waals surface area contributed by atoms with Crippen LogP contribution in [0.4, 0.5) is 5.69 Å². The lowest BCUT2D eigenvalue weighted by Gasteiger charge is -2.20. The van der Waals surface area contributed by atoms with Gasteiger partial charge in [-0.25, -0.2) is 0 Å². The average molecular weight is 275 g/mol. The third kappa shape index (κ3) is 3.06. The highest BCUT2D eigenvalue weighted by molar-refractivity contribution is 8.03. The molecule has 0 bridgehead atoms. The molecule has 1 atom stereocenters. The third-order valence-electron chi connectivity index (χ3n) is 3.05. The van der Waals surface area contributed by atoms with Crippen molar-refractivity contribution in [1.29, 1.82) is 5.26 Å². The first-order valence-corrected chi connectivity index (χ1v) is 6.59. The van der Waals surface area contributed by atoms with Crippen LogP contribution in [-0.2, 0) is 9.59 Å². The number of carbonyl (C=O) groups is 2. The molecule has 19 heavy (non-hydrogen) atoms. The van der Waals surface area contributed by atoms with E-state index in [-0.39, 0.29) is 18.2 Å². The Morgan fingerprint density at radius 2 is 2.16 bits per heavy atom. The monoisotopic (exact) mass is 275 g/mol. The van der Waals surface area contributed by atoms with Crippen LogP contribution in [-0.4, -0.2) is 18.4 Å². The number of hydrogen-bond acceptors (Lipinski definition) is 4. The number of hydrogen-bond donors (Lipinski definition) is 2. The fraction of sp³-hybridized carbons (Fsp3) is 0.308. The molecule has 0 saturated carbocycles. The van der Waals surface area contributed by atoms with Gasteiger partial charge in [-0.1, -0.05) is 0 Å². The van der Waals surface area contributed by atoms with Crippen LogP contribution in [0.25, 0.3) is 0 Å². The van der Waals surface area contributed by atoms with Crippen molar-refractivity contribution >= 4 is 29.3 Å². The molecule has 1 fully saturated rings. The second-order valence-electron chi connectivity index (χ2n) is 4.69. The molecule has 0 aliphatic carbocycles. The summed E-state index contributed by atoms with van der Waals surface area (Å²) >= 11 is 1.07. The second kappa shape index (κ2) is 5.33. The molecule has 1 aromatic carbocycles. The quantitative estimate of drug-likeness (QED) is 0.650. The van der Waals surface area contributed by atoms with Crippen LogP contribution < -0.4 is 10.6 Å². The van der Waals surface area contributed by atoms with E-state index < -0.39 is 5.41 Å². The Morgan fingerprint density at radius 3 is 2.68 bits per heavy atom. The molecule has 2 amide bonds. The Hall–Kier alpha value is -2.00. The van der Waals surface area contributed by atoms with Crippen molar-refractivity contribution in [1.82, 2.24) is 5.32 Å². The van der Waals surface area contributed by atoms with Crippen molar-refractivity contribution in [2.75, 3.05) is 11.9 Å². The first kappa shape index (κ1) is 13.4. The van der Waals surface area contributed by atoms with E-state index in [0.29, 0.717) is 12.2 Å². The van der Waals surface area contributed by atoms with Crippen molar-refractivity contribution in [3.8, 4) is 5.40 Å². The van der Waals surface area contributed by atoms with Crippen LogP contribution in [0.2, 0.25) is 0 Å². The van der Waals surface area contributed by atoms with Gasteiger partial charge in [0.05, 0.1) is 5.41 Å². The summed E-state index contributed by atoms with van der Waals surface area (Å²) in [5.41, 5.74) is -0.0372. The fourth-order valence-corrected chi connectivity index (χ4v) is 2.25. The molecule has 1 saturated heterocycles. The number of carbonyl (C=O) groups excluding carboxylic acids is 2. The highest BCUT2D eigenvalue weighted by Gasteiger charge is 2.40. The van der Waals surface area contributed by atoms with Crippen LogP contribution in [0, 0.1) is 16.1 Å². The largest absolute Gasteiger partial charge is 0.355 e. The Bertz CT molecular complexity index is 550. The number of amides is 2. The van der Waals surface area contributed by atoms with Crippen molar-refractivity contribution in [2.45, 2.75) is 18.2 Å². The maximum absolute atomic E-state index is 12.1. The van der Waals surface area contributed by atoms with Crippen molar-refractivity contribution in [3.05, 3.63) is 24.3 Å². The zero-order chi connectivity index (χ0) is 13.9. The smallest absolute Gasteiger partial charge is 0.232 e. The van der Waals surface area contributed by atoms with Crippen molar-refractivity contribution < 1.29 is 9.59 Å². The third-order valence-corrected chi connectivity index (χ3v) is 3.65. The van der Waals surface area contributed by atoms with Gasteiger partial charge in [-0.05, 0) is 43.0 Å². The number of thiocyanates is 1. The van der Waals surface area contributed by atoms with Crippen molar-refractivity contribution in [2.24, 2.45) is 5.41 Å². The molecule has 2 N–H and O–H groups in total. The van der Waals surface area contributed by atoms with Gasteiger partial charge in [0, 0.05) is 23.5 Å². The van der Waals surface area contributed by atoms with Gasteiger partial charge in [0.15, 0.2) is 0 Å². The van der Waals surface area contributed by atoms with Crippen LogP contribution in [0.15, 0.2) is 29.2 Å². The lowest BCUT2D eigenvalue weighted by Crippen LogP contribution is -2.35. The Labute approximate surface area is 115 Å². The van der Waals surface area contributed by atoms with Crippen molar-refractivity contribution in [3.63, 3.8) is 0 Å². The molecule has 1 unspecified atom stereocenters. The minimum atomic E-state index is -0.697. The first-order chi connectivity index (χ1) is 9.03. The first-order valence-electron chi connectivity index (χ1n) is 5.78. The lowest BCUT2D eigenvalue weighted by atomic mass is 9.88. The molecule has 1 aromatic rings. The number of nitrogens with zero attached hydrogens (tertiary/aromatic N) is 1. The maximum atomic E-state index is 12.1. The molecule has 0 spiro atoms. The molecule has 5 nitrogen and oxygen atoms in total. The number of anilines is 1. The van der Waals surface area contributed by atoms with Gasteiger partial charge in [0.1, 0.15) is 5.40 Å². The Balaban J connectivity index is 2.03. The highest BCUT2D eigenvalue weighted by atomic mass is 32.2. The van der Waals surface area contributed by atoms with Gasteiger partial charge < -0.3 is 10.6 Å². The van der Waals surface area contributed by atoms with Gasteiger partial charge in [-0.2, -0.15) is 5.26 Å². The molecule has 1 aliphatic heterocycles. The number of benzene rings is 1. The number of rotatable bonds is 3. The van der Waals surface area contributed by atoms with E-state index in [1.54, 1.807) is 31.2 Å². The van der Waals surface area contributed by atoms with Crippen LogP contribution in [0.5, 0.6) is 0 Å². The van der Waals surface area contributed by atoms with Crippen LogP contribution in [0.3, 0.4) is 0 Å². The predicted octanol–water partition coefficient (Wildman–Crippen LogP) is 1.72. The molecule has 0 aromatic heterocycles. The van der Waals surface area contributed by atoms with Gasteiger partial charge in [0.2, 0.25) is 11.8 Å². The number of thioether (sulfide) groups is 1. The van der Waals surface area contributed by atoms with E-state index in [1.165, 1.54) is 0 Å². The van der Waals surface area contributed by atoms with Gasteiger partial charge >= 0.3 is 0 Å². The summed E-state index contributed by atoms with van der Waals surface area (Å²) in [4.78, 5) is 24.2. The summed E-state index contributed by atoms with van der Waals surface area (Å²) < 4.78 is 0. The maximum Gasteiger partial charge on any atom is 0.232 e. The van der Waals surface area contributed by atoms with Gasteiger partial charge in [-0.3, -0.25) is 9.59 Å². The molecule has 1 aliphatic rings. The summed E-state index contributed by atoms with van der Waals surface area (Å²) in [7, 11) is 0. The molecule has 1 heterocycles. The number of nitrogens with one attached hydrogen (secondary N) is 2. The average Bonchev–Trinajstić information content (AvgIpc) is 2.73. The predicted molar refractivity (Wildman–Crippen MR) is 72.3 cm³/mol. The molecular weight excluding hydrogens is 262 g/mol. The highest BCUT2D eigenvalue weighted by Crippen LogP contribution is 2.27. The van der Waals surface area contributed by atoms with E-state index in [0.717, 1.165) is 16.7 Å². The Morgan fingerprint density at radius 1 is 1.47 bits per heavy atom. The summed E-state index contributed by atoms with van der Waals surface area (Å²) in [6.07, 6.45) is 0.210. The molecule has 6 heteroatoms. The minimum Gasteiger partial charge on any atom is -0.355 e. The number of nitriles is 1. The van der Waals surface area contributed by atoms with Gasteiger partial charge in [0.25, 0.3) is 0 Å². The minimum absolute atomic E-state index is 0.0987. The van der Waals surface area contributed by atoms with E-state index in [1.807, 2.05) is 5.40 Å². The zero-order valence-electron chi connectivity index (χ0n) is 10.4. The molecule has 98 valence electrons. The molecular formula is C13H13N3O2S. The standard InChI is InChI=1S/C13H13N3O2S/c1-13(6-11(17)15-7-13)12(18)16-9-2-4-10(5-3-9)19-8-14/h2-5H,6-7H2,1H3,(H,15,17)(H,16,18). The van der Waals surface area contributed by atoms with Crippen LogP contribution in [0.1, 0.15) is 13.3 Å². The topological polar surface area (TPSA) is 82.0 Å². The summed E-state index contributed by atoms with van der Waals surface area (Å²) in [6, 6.07) is 7.02. The molecule has 0 radical (unpaired) electrons. The Kier molecular flexibility index (Phi) is 3.76. The van der Waals surface area contributed by atoms with Gasteiger partial charge in [-0.15, -0.1) is 0 Å². The second-order valence-corrected chi connectivity index (χ2v) is 5.54.